The summed E-state index contributed by atoms with van der Waals surface area (Å²) in [4.78, 5) is 48.0. The van der Waals surface area contributed by atoms with Crippen molar-refractivity contribution >= 4 is 44.6 Å². The second-order valence-electron chi connectivity index (χ2n) is 24.0. The zero-order valence-corrected chi connectivity index (χ0v) is 57.4. The van der Waals surface area contributed by atoms with Crippen LogP contribution in [0.25, 0.3) is 16.7 Å². The number of hydrogen-bond donors (Lipinski definition) is 2. The number of likely N-dealkylation sites (tertiary alicyclic amines) is 2. The van der Waals surface area contributed by atoms with E-state index in [9.17, 15) is 41.1 Å². The third kappa shape index (κ3) is 19.2. The van der Waals surface area contributed by atoms with Crippen LogP contribution in [0.5, 0.6) is 23.0 Å². The van der Waals surface area contributed by atoms with Crippen LogP contribution >= 0.6 is 0 Å². The van der Waals surface area contributed by atoms with Gasteiger partial charge in [-0.25, -0.2) is 0 Å². The van der Waals surface area contributed by atoms with Gasteiger partial charge >= 0.3 is 15.6 Å². The highest BCUT2D eigenvalue weighted by atomic mass is 32.2. The molecule has 3 heterocycles. The summed E-state index contributed by atoms with van der Waals surface area (Å²) >= 11 is 0. The first-order chi connectivity index (χ1) is 46.2. The Morgan fingerprint density at radius 3 is 1.11 bits per heavy atom. The highest BCUT2D eigenvalue weighted by molar-refractivity contribution is 7.88. The van der Waals surface area contributed by atoms with Gasteiger partial charge in [0.25, 0.3) is 17.7 Å². The van der Waals surface area contributed by atoms with Gasteiger partial charge in [0, 0.05) is 82.1 Å². The van der Waals surface area contributed by atoms with Gasteiger partial charge in [0.2, 0.25) is 0 Å². The van der Waals surface area contributed by atoms with Crippen molar-refractivity contribution in [1.82, 2.24) is 29.8 Å². The van der Waals surface area contributed by atoms with Crippen LogP contribution in [-0.2, 0) is 10.1 Å². The van der Waals surface area contributed by atoms with Crippen LogP contribution in [0.1, 0.15) is 145 Å². The molecule has 96 heavy (non-hydrogen) atoms. The van der Waals surface area contributed by atoms with Crippen LogP contribution in [0.4, 0.5) is 13.2 Å². The van der Waals surface area contributed by atoms with Crippen molar-refractivity contribution in [2.45, 2.75) is 85.6 Å². The third-order valence-electron chi connectivity index (χ3n) is 17.7. The van der Waals surface area contributed by atoms with Gasteiger partial charge in [0.15, 0.2) is 0 Å². The average Bonchev–Trinajstić information content (AvgIpc) is 0.820. The van der Waals surface area contributed by atoms with Gasteiger partial charge in [-0.1, -0.05) is 108 Å². The van der Waals surface area contributed by atoms with Gasteiger partial charge in [-0.15, -0.1) is 0 Å². The number of halogens is 3. The summed E-state index contributed by atoms with van der Waals surface area (Å²) in [7, 11) is -1.62. The Bertz CT molecular complexity index is 3930. The van der Waals surface area contributed by atoms with Crippen LogP contribution < -0.4 is 14.2 Å². The molecule has 0 radical (unpaired) electrons. The topological polar surface area (TPSA) is 152 Å². The number of hydrogen-bond acceptors (Lipinski definition) is 11. The molecule has 7 aromatic rings. The van der Waals surface area contributed by atoms with E-state index in [1.54, 1.807) is 29.2 Å². The number of nitrogens with one attached hydrogen (secondary N) is 1. The monoisotopic (exact) mass is 1330 g/mol. The Kier molecular flexibility index (Phi) is 26.4. The first-order valence-electron chi connectivity index (χ1n) is 33.4. The number of aromatic hydroxyl groups is 1. The van der Waals surface area contributed by atoms with E-state index in [0.717, 1.165) is 139 Å². The van der Waals surface area contributed by atoms with Crippen molar-refractivity contribution in [1.29, 1.82) is 0 Å². The molecule has 0 bridgehead atoms. The number of amides is 3. The molecule has 3 aliphatic heterocycles. The van der Waals surface area contributed by atoms with E-state index in [-0.39, 0.29) is 23.5 Å². The fourth-order valence-electron chi connectivity index (χ4n) is 12.3. The lowest BCUT2D eigenvalue weighted by Crippen LogP contribution is -2.30. The summed E-state index contributed by atoms with van der Waals surface area (Å²) in [6, 6.07) is 54.4. The van der Waals surface area contributed by atoms with Crippen molar-refractivity contribution in [3.63, 3.8) is 0 Å². The van der Waals surface area contributed by atoms with Crippen molar-refractivity contribution in [2.24, 2.45) is 0 Å². The van der Waals surface area contributed by atoms with Gasteiger partial charge in [-0.05, 0) is 242 Å². The standard InChI is InChI=1S/C29H32N2O2.C25H29F3N2O4S.C24H30N2O2/c1-3-31(4-2)29(32)24-15-13-22(14-16-24)28(23-17-19-30-20-18-23)25-9-8-12-27(21-25)33-26-10-6-5-7-11-26;1-4-30(5-2)24(31)20-11-9-18(10-12-20)23(19-13-15-29(3)16-14-19)21-7-6-8-22(17-21)34-35(32,33)25(26,27)28;1-4-26(5-2)24(28)20-11-9-18(10-12-20)23(19-13-15-25(3)16-14-19)21-7-6-8-22(27)17-21/h5-16,21,30H,3-4,17-20H2,1-2H3;6-12,17H,4-5,13-16H2,1-3H3;6-12,17,27H,4-5,13-16H2,1-3H3. The van der Waals surface area contributed by atoms with E-state index in [4.69, 9.17) is 4.74 Å². The number of piperidine rings is 3. The molecule has 7 aromatic carbocycles. The largest absolute Gasteiger partial charge is 0.534 e. The number of benzene rings is 7. The molecule has 0 aliphatic carbocycles. The number of carbonyl (C=O) groups is 3. The predicted octanol–water partition coefficient (Wildman–Crippen LogP) is 15.5. The molecule has 2 N–H and O–H groups in total. The summed E-state index contributed by atoms with van der Waals surface area (Å²) in [5, 5.41) is 13.5. The number of nitrogens with zero attached hydrogens (tertiary/aromatic N) is 5. The molecule has 0 unspecified atom stereocenters. The molecular formula is C78H91F3N6O8S. The van der Waals surface area contributed by atoms with Crippen LogP contribution in [0.2, 0.25) is 0 Å². The molecule has 3 aliphatic rings. The van der Waals surface area contributed by atoms with Crippen molar-refractivity contribution < 1.29 is 50.0 Å². The molecule has 14 nitrogen and oxygen atoms in total. The number of alkyl halides is 3. The zero-order valence-electron chi connectivity index (χ0n) is 56.6. The fraction of sp³-hybridized carbons (Fsp3) is 0.346. The zero-order chi connectivity index (χ0) is 68.9. The number of para-hydroxylation sites is 1. The molecule has 3 fully saturated rings. The molecular weight excluding hydrogens is 1240 g/mol. The van der Waals surface area contributed by atoms with E-state index < -0.39 is 21.4 Å². The van der Waals surface area contributed by atoms with E-state index in [2.05, 4.69) is 56.7 Å². The number of phenolic OH excluding ortho intramolecular Hbond substituents is 1. The van der Waals surface area contributed by atoms with Crippen molar-refractivity contribution in [2.75, 3.05) is 92.6 Å². The molecule has 3 saturated heterocycles. The molecule has 508 valence electrons. The second kappa shape index (κ2) is 34.7. The Labute approximate surface area is 565 Å². The first-order valence-corrected chi connectivity index (χ1v) is 34.8. The summed E-state index contributed by atoms with van der Waals surface area (Å²) in [6.45, 7) is 21.6. The molecule has 0 spiro atoms. The SMILES string of the molecule is CCN(CC)C(=O)c1ccc(C(=C2CCN(C)CC2)c2cccc(O)c2)cc1.CCN(CC)C(=O)c1ccc(C(=C2CCN(C)CC2)c2cccc(OS(=O)(=O)C(F)(F)F)c2)cc1.CCN(CC)C(=O)c1ccc(C(=C2CCNCC2)c2cccc(Oc3ccccc3)c2)cc1. The van der Waals surface area contributed by atoms with Crippen LogP contribution in [-0.4, -0.2) is 154 Å². The third-order valence-corrected chi connectivity index (χ3v) is 18.7. The van der Waals surface area contributed by atoms with E-state index >= 15 is 0 Å². The number of rotatable bonds is 19. The molecule has 0 saturated carbocycles. The minimum Gasteiger partial charge on any atom is -0.508 e. The van der Waals surface area contributed by atoms with Crippen LogP contribution in [0, 0.1) is 0 Å². The normalized spacial score (nSPS) is 14.4. The fourth-order valence-corrected chi connectivity index (χ4v) is 12.7. The highest BCUT2D eigenvalue weighted by Crippen LogP contribution is 2.38. The van der Waals surface area contributed by atoms with Crippen molar-refractivity contribution in [3.8, 4) is 23.0 Å². The average molecular weight is 1330 g/mol. The maximum atomic E-state index is 12.8. The lowest BCUT2D eigenvalue weighted by molar-refractivity contribution is -0.0500. The smallest absolute Gasteiger partial charge is 0.508 e. The van der Waals surface area contributed by atoms with E-state index in [1.165, 1.54) is 40.5 Å². The van der Waals surface area contributed by atoms with Crippen LogP contribution in [0.15, 0.2) is 193 Å². The molecule has 10 rings (SSSR count). The lowest BCUT2D eigenvalue weighted by atomic mass is 9.88. The minimum absolute atomic E-state index is 0.0717. The maximum Gasteiger partial charge on any atom is 0.534 e. The summed E-state index contributed by atoms with van der Waals surface area (Å²) in [5.41, 5.74) is 9.39. The minimum atomic E-state index is -5.78. The highest BCUT2D eigenvalue weighted by Gasteiger charge is 2.48. The van der Waals surface area contributed by atoms with Crippen molar-refractivity contribution in [3.05, 3.63) is 243 Å². The Hall–Kier alpha value is -8.81. The Morgan fingerprint density at radius 2 is 0.750 bits per heavy atom. The first kappa shape index (κ1) is 73.0. The van der Waals surface area contributed by atoms with Gasteiger partial charge in [0.1, 0.15) is 23.0 Å². The number of ether oxygens (including phenoxy) is 1. The van der Waals surface area contributed by atoms with Gasteiger partial charge in [-0.2, -0.15) is 21.6 Å². The van der Waals surface area contributed by atoms with Crippen LogP contribution in [0.3, 0.4) is 0 Å². The maximum absolute atomic E-state index is 12.8. The summed E-state index contributed by atoms with van der Waals surface area (Å²) < 4.78 is 72.0. The second-order valence-corrected chi connectivity index (χ2v) is 25.5. The van der Waals surface area contributed by atoms with E-state index in [0.29, 0.717) is 50.4 Å². The molecule has 18 heteroatoms. The number of carbonyl (C=O) groups excluding carboxylic acids is 3. The predicted molar refractivity (Wildman–Crippen MR) is 378 cm³/mol. The Morgan fingerprint density at radius 1 is 0.427 bits per heavy atom. The lowest BCUT2D eigenvalue weighted by Gasteiger charge is -2.27. The molecule has 0 aromatic heterocycles. The Balaban J connectivity index is 0.000000185. The number of phenols is 1. The quantitative estimate of drug-likeness (QED) is 0.0588. The molecule has 0 atom stereocenters. The summed E-state index contributed by atoms with van der Waals surface area (Å²) in [6.07, 6.45) is 5.55. The van der Waals surface area contributed by atoms with Gasteiger partial charge in [0.05, 0.1) is 0 Å². The van der Waals surface area contributed by atoms with Gasteiger partial charge < -0.3 is 43.8 Å². The van der Waals surface area contributed by atoms with E-state index in [1.807, 2.05) is 162 Å². The van der Waals surface area contributed by atoms with Gasteiger partial charge in [-0.3, -0.25) is 14.4 Å². The summed E-state index contributed by atoms with van der Waals surface area (Å²) in [5.74, 6) is 1.58. The molecule has 3 amide bonds.